The molecule has 1 atom stereocenters. The van der Waals surface area contributed by atoms with Gasteiger partial charge in [-0.3, -0.25) is 0 Å². The molecule has 1 heterocycles. The molecule has 0 aliphatic carbocycles. The lowest BCUT2D eigenvalue weighted by molar-refractivity contribution is 0.391. The van der Waals surface area contributed by atoms with Crippen LogP contribution in [0.1, 0.15) is 6.92 Å². The smallest absolute Gasteiger partial charge is 0.214 e. The van der Waals surface area contributed by atoms with Crippen molar-refractivity contribution in [2.75, 3.05) is 33.1 Å². The van der Waals surface area contributed by atoms with E-state index in [0.29, 0.717) is 11.9 Å². The van der Waals surface area contributed by atoms with Crippen LogP contribution in [0.4, 0.5) is 5.69 Å². The predicted molar refractivity (Wildman–Crippen MR) is 62.4 cm³/mol. The van der Waals surface area contributed by atoms with Gasteiger partial charge < -0.3 is 15.0 Å². The summed E-state index contributed by atoms with van der Waals surface area (Å²) in [5.74, 6) is 0.636. The summed E-state index contributed by atoms with van der Waals surface area (Å²) >= 11 is 0. The number of aromatic nitrogens is 1. The average Bonchev–Trinajstić information content (AvgIpc) is 2.16. The second-order valence-corrected chi connectivity index (χ2v) is 3.89. The fourth-order valence-electron chi connectivity index (χ4n) is 1.49. The fraction of sp³-hybridized carbons (Fsp3) is 0.545. The van der Waals surface area contributed by atoms with Crippen molar-refractivity contribution < 1.29 is 4.74 Å². The Morgan fingerprint density at radius 1 is 1.53 bits per heavy atom. The third kappa shape index (κ3) is 4.16. The third-order valence-electron chi connectivity index (χ3n) is 2.00. The van der Waals surface area contributed by atoms with Gasteiger partial charge in [0.2, 0.25) is 5.88 Å². The Bertz CT molecular complexity index is 302. The molecule has 1 rings (SSSR count). The highest BCUT2D eigenvalue weighted by atomic mass is 16.5. The molecule has 0 aliphatic rings. The van der Waals surface area contributed by atoms with Gasteiger partial charge in [-0.2, -0.15) is 0 Å². The van der Waals surface area contributed by atoms with Crippen molar-refractivity contribution in [1.29, 1.82) is 0 Å². The predicted octanol–water partition coefficient (Wildman–Crippen LogP) is 1.45. The SMILES string of the molecule is COc1cc(NC(C)CN(C)C)ccn1. The minimum Gasteiger partial charge on any atom is -0.481 e. The molecule has 0 amide bonds. The Kier molecular flexibility index (Phi) is 4.37. The van der Waals surface area contributed by atoms with Gasteiger partial charge in [-0.25, -0.2) is 4.98 Å². The summed E-state index contributed by atoms with van der Waals surface area (Å²) < 4.78 is 5.06. The lowest BCUT2D eigenvalue weighted by atomic mass is 10.3. The van der Waals surface area contributed by atoms with Crippen LogP contribution in [0.15, 0.2) is 18.3 Å². The number of hydrogen-bond acceptors (Lipinski definition) is 4. The first-order chi connectivity index (χ1) is 7.11. The minimum absolute atomic E-state index is 0.395. The van der Waals surface area contributed by atoms with Crippen LogP contribution < -0.4 is 10.1 Å². The Morgan fingerprint density at radius 2 is 2.27 bits per heavy atom. The zero-order chi connectivity index (χ0) is 11.3. The van der Waals surface area contributed by atoms with Gasteiger partial charge in [0, 0.05) is 30.5 Å². The van der Waals surface area contributed by atoms with Crippen LogP contribution in [-0.2, 0) is 0 Å². The van der Waals surface area contributed by atoms with Crippen LogP contribution in [0.3, 0.4) is 0 Å². The monoisotopic (exact) mass is 209 g/mol. The first-order valence-corrected chi connectivity index (χ1v) is 5.03. The van der Waals surface area contributed by atoms with Crippen molar-refractivity contribution >= 4 is 5.69 Å². The minimum atomic E-state index is 0.395. The number of ether oxygens (including phenoxy) is 1. The van der Waals surface area contributed by atoms with Crippen LogP contribution in [0, 0.1) is 0 Å². The van der Waals surface area contributed by atoms with Crippen LogP contribution in [0.2, 0.25) is 0 Å². The molecule has 1 aromatic heterocycles. The maximum absolute atomic E-state index is 5.06. The van der Waals surface area contributed by atoms with Gasteiger partial charge >= 0.3 is 0 Å². The topological polar surface area (TPSA) is 37.4 Å². The van der Waals surface area contributed by atoms with Crippen molar-refractivity contribution in [3.8, 4) is 5.88 Å². The van der Waals surface area contributed by atoms with E-state index in [-0.39, 0.29) is 0 Å². The second kappa shape index (κ2) is 5.56. The molecule has 1 unspecified atom stereocenters. The molecular formula is C11H19N3O. The summed E-state index contributed by atoms with van der Waals surface area (Å²) in [6.45, 7) is 3.14. The molecule has 84 valence electrons. The molecule has 0 saturated carbocycles. The summed E-state index contributed by atoms with van der Waals surface area (Å²) in [6, 6.07) is 4.23. The number of nitrogens with zero attached hydrogens (tertiary/aromatic N) is 2. The van der Waals surface area contributed by atoms with Crippen LogP contribution in [-0.4, -0.2) is 43.7 Å². The van der Waals surface area contributed by atoms with E-state index >= 15 is 0 Å². The normalized spacial score (nSPS) is 12.6. The molecule has 0 bridgehead atoms. The maximum Gasteiger partial charge on any atom is 0.214 e. The Morgan fingerprint density at radius 3 is 2.87 bits per heavy atom. The van der Waals surface area contributed by atoms with Crippen molar-refractivity contribution in [2.45, 2.75) is 13.0 Å². The zero-order valence-electron chi connectivity index (χ0n) is 9.82. The molecule has 0 aromatic carbocycles. The Hall–Kier alpha value is -1.29. The average molecular weight is 209 g/mol. The highest BCUT2D eigenvalue weighted by Crippen LogP contribution is 2.14. The molecule has 0 aliphatic heterocycles. The van der Waals surface area contributed by atoms with E-state index in [1.807, 2.05) is 12.1 Å². The largest absolute Gasteiger partial charge is 0.481 e. The van der Waals surface area contributed by atoms with Crippen molar-refractivity contribution in [3.63, 3.8) is 0 Å². The summed E-state index contributed by atoms with van der Waals surface area (Å²) in [5, 5.41) is 3.39. The standard InChI is InChI=1S/C11H19N3O/c1-9(8-14(2)3)13-10-5-6-12-11(7-10)15-4/h5-7,9H,8H2,1-4H3,(H,12,13). The van der Waals surface area contributed by atoms with E-state index in [2.05, 4.69) is 36.2 Å². The molecule has 0 spiro atoms. The quantitative estimate of drug-likeness (QED) is 0.796. The number of rotatable bonds is 5. The Balaban J connectivity index is 2.55. The lowest BCUT2D eigenvalue weighted by Gasteiger charge is -2.19. The molecular weight excluding hydrogens is 190 g/mol. The van der Waals surface area contributed by atoms with Gasteiger partial charge in [0.05, 0.1) is 7.11 Å². The molecule has 0 radical (unpaired) electrons. The molecule has 0 saturated heterocycles. The van der Waals surface area contributed by atoms with Crippen LogP contribution >= 0.6 is 0 Å². The molecule has 1 aromatic rings. The van der Waals surface area contributed by atoms with Crippen molar-refractivity contribution in [1.82, 2.24) is 9.88 Å². The van der Waals surface area contributed by atoms with E-state index in [1.165, 1.54) is 0 Å². The van der Waals surface area contributed by atoms with E-state index in [1.54, 1.807) is 13.3 Å². The molecule has 1 N–H and O–H groups in total. The number of pyridine rings is 1. The molecule has 4 nitrogen and oxygen atoms in total. The van der Waals surface area contributed by atoms with E-state index < -0.39 is 0 Å². The summed E-state index contributed by atoms with van der Waals surface area (Å²) in [5.41, 5.74) is 1.04. The lowest BCUT2D eigenvalue weighted by Crippen LogP contribution is -2.29. The molecule has 0 fully saturated rings. The first-order valence-electron chi connectivity index (χ1n) is 5.03. The number of anilines is 1. The van der Waals surface area contributed by atoms with Gasteiger partial charge in [-0.05, 0) is 27.1 Å². The number of hydrogen-bond donors (Lipinski definition) is 1. The van der Waals surface area contributed by atoms with E-state index in [9.17, 15) is 0 Å². The fourth-order valence-corrected chi connectivity index (χ4v) is 1.49. The van der Waals surface area contributed by atoms with Crippen LogP contribution in [0.5, 0.6) is 5.88 Å². The van der Waals surface area contributed by atoms with E-state index in [0.717, 1.165) is 12.2 Å². The number of nitrogens with one attached hydrogen (secondary N) is 1. The second-order valence-electron chi connectivity index (χ2n) is 3.89. The van der Waals surface area contributed by atoms with Gasteiger partial charge in [0.25, 0.3) is 0 Å². The van der Waals surface area contributed by atoms with Gasteiger partial charge in [-0.1, -0.05) is 0 Å². The van der Waals surface area contributed by atoms with Gasteiger partial charge in [0.15, 0.2) is 0 Å². The summed E-state index contributed by atoms with van der Waals surface area (Å²) in [7, 11) is 5.74. The number of likely N-dealkylation sites (N-methyl/N-ethyl adjacent to an activating group) is 1. The third-order valence-corrected chi connectivity index (χ3v) is 2.00. The van der Waals surface area contributed by atoms with Gasteiger partial charge in [-0.15, -0.1) is 0 Å². The summed E-state index contributed by atoms with van der Waals surface area (Å²) in [6.07, 6.45) is 1.74. The maximum atomic E-state index is 5.06. The molecule has 15 heavy (non-hydrogen) atoms. The molecule has 4 heteroatoms. The number of methoxy groups -OCH3 is 1. The summed E-state index contributed by atoms with van der Waals surface area (Å²) in [4.78, 5) is 6.20. The highest BCUT2D eigenvalue weighted by molar-refractivity contribution is 5.45. The van der Waals surface area contributed by atoms with Crippen LogP contribution in [0.25, 0.3) is 0 Å². The van der Waals surface area contributed by atoms with E-state index in [4.69, 9.17) is 4.74 Å². The first kappa shape index (κ1) is 11.8. The Labute approximate surface area is 91.3 Å². The van der Waals surface area contributed by atoms with Gasteiger partial charge in [0.1, 0.15) is 0 Å². The zero-order valence-corrected chi connectivity index (χ0v) is 9.82. The highest BCUT2D eigenvalue weighted by Gasteiger charge is 2.03. The van der Waals surface area contributed by atoms with Crippen molar-refractivity contribution in [2.24, 2.45) is 0 Å². The van der Waals surface area contributed by atoms with Crippen molar-refractivity contribution in [3.05, 3.63) is 18.3 Å².